The molecular weight excluding hydrogens is 298 g/mol. The number of rotatable bonds is 4. The van der Waals surface area contributed by atoms with Crippen molar-refractivity contribution in [2.75, 3.05) is 45.2 Å². The lowest BCUT2D eigenvalue weighted by molar-refractivity contribution is 0.0629. The van der Waals surface area contributed by atoms with Crippen molar-refractivity contribution in [3.05, 3.63) is 65.7 Å². The number of carbonyl (C=O) groups excluding carboxylic acids is 1. The number of benzene rings is 2. The number of hydrogen-bond acceptors (Lipinski definition) is 3. The van der Waals surface area contributed by atoms with E-state index in [9.17, 15) is 4.79 Å². The molecule has 24 heavy (non-hydrogen) atoms. The molecule has 0 unspecified atom stereocenters. The Bertz CT molecular complexity index is 676. The fourth-order valence-electron chi connectivity index (χ4n) is 3.17. The van der Waals surface area contributed by atoms with E-state index < -0.39 is 0 Å². The van der Waals surface area contributed by atoms with Crippen LogP contribution >= 0.6 is 0 Å². The average Bonchev–Trinajstić information content (AvgIpc) is 2.62. The zero-order valence-corrected chi connectivity index (χ0v) is 14.5. The van der Waals surface area contributed by atoms with Crippen LogP contribution in [-0.2, 0) is 6.54 Å². The Balaban J connectivity index is 1.61. The summed E-state index contributed by atoms with van der Waals surface area (Å²) in [4.78, 5) is 19.3. The van der Waals surface area contributed by atoms with Gasteiger partial charge < -0.3 is 9.80 Å². The number of piperazine rings is 1. The highest BCUT2D eigenvalue weighted by Gasteiger charge is 2.24. The van der Waals surface area contributed by atoms with Crippen molar-refractivity contribution in [3.8, 4) is 0 Å². The molecule has 4 heteroatoms. The molecule has 1 fully saturated rings. The molecule has 1 aliphatic heterocycles. The van der Waals surface area contributed by atoms with E-state index in [1.165, 1.54) is 5.56 Å². The van der Waals surface area contributed by atoms with E-state index in [0.717, 1.165) is 44.0 Å². The third-order valence-electron chi connectivity index (χ3n) is 4.52. The number of nitrogens with zero attached hydrogens (tertiary/aromatic N) is 3. The third-order valence-corrected chi connectivity index (χ3v) is 4.52. The van der Waals surface area contributed by atoms with Crippen LogP contribution in [-0.4, -0.2) is 56.0 Å². The van der Waals surface area contributed by atoms with Crippen molar-refractivity contribution in [2.24, 2.45) is 0 Å². The summed E-state index contributed by atoms with van der Waals surface area (Å²) in [6, 6.07) is 18.3. The highest BCUT2D eigenvalue weighted by atomic mass is 16.2. The summed E-state index contributed by atoms with van der Waals surface area (Å²) in [5.74, 6) is 0.138. The molecule has 1 saturated heterocycles. The second-order valence-electron chi connectivity index (χ2n) is 6.47. The third kappa shape index (κ3) is 3.77. The van der Waals surface area contributed by atoms with Gasteiger partial charge in [-0.05, 0) is 17.7 Å². The summed E-state index contributed by atoms with van der Waals surface area (Å²) in [5.41, 5.74) is 3.10. The molecule has 0 bridgehead atoms. The van der Waals surface area contributed by atoms with E-state index in [1.54, 1.807) is 0 Å². The minimum Gasteiger partial charge on any atom is -0.377 e. The number of para-hydroxylation sites is 1. The van der Waals surface area contributed by atoms with Crippen molar-refractivity contribution in [1.82, 2.24) is 9.80 Å². The van der Waals surface area contributed by atoms with E-state index in [1.807, 2.05) is 54.2 Å². The van der Waals surface area contributed by atoms with Crippen LogP contribution in [0.2, 0.25) is 0 Å². The topological polar surface area (TPSA) is 26.8 Å². The van der Waals surface area contributed by atoms with Gasteiger partial charge in [0.25, 0.3) is 5.91 Å². The molecule has 4 nitrogen and oxygen atoms in total. The summed E-state index contributed by atoms with van der Waals surface area (Å²) < 4.78 is 0. The molecule has 0 N–H and O–H groups in total. The molecule has 126 valence electrons. The maximum atomic E-state index is 12.9. The first-order valence-electron chi connectivity index (χ1n) is 8.47. The average molecular weight is 323 g/mol. The molecule has 0 spiro atoms. The van der Waals surface area contributed by atoms with Gasteiger partial charge in [-0.3, -0.25) is 9.69 Å². The predicted molar refractivity (Wildman–Crippen MR) is 98.4 cm³/mol. The molecule has 2 aromatic carbocycles. The Hall–Kier alpha value is -2.33. The Morgan fingerprint density at radius 1 is 0.917 bits per heavy atom. The van der Waals surface area contributed by atoms with Crippen LogP contribution in [0.4, 0.5) is 5.69 Å². The minimum atomic E-state index is 0.138. The van der Waals surface area contributed by atoms with Crippen molar-refractivity contribution in [2.45, 2.75) is 6.54 Å². The molecule has 1 amide bonds. The molecule has 1 heterocycles. The molecular formula is C20H25N3O. The zero-order valence-electron chi connectivity index (χ0n) is 14.5. The highest BCUT2D eigenvalue weighted by Crippen LogP contribution is 2.20. The largest absolute Gasteiger partial charge is 0.377 e. The second kappa shape index (κ2) is 7.49. The van der Waals surface area contributed by atoms with Crippen LogP contribution < -0.4 is 4.90 Å². The minimum absolute atomic E-state index is 0.138. The first kappa shape index (κ1) is 16.5. The second-order valence-corrected chi connectivity index (χ2v) is 6.47. The normalized spacial score (nSPS) is 15.3. The summed E-state index contributed by atoms with van der Waals surface area (Å²) in [7, 11) is 3.95. The van der Waals surface area contributed by atoms with Crippen LogP contribution in [0.3, 0.4) is 0 Å². The van der Waals surface area contributed by atoms with Crippen molar-refractivity contribution >= 4 is 11.6 Å². The molecule has 0 radical (unpaired) electrons. The van der Waals surface area contributed by atoms with Gasteiger partial charge in [0.05, 0.1) is 5.56 Å². The molecule has 0 saturated carbocycles. The Morgan fingerprint density at radius 2 is 1.54 bits per heavy atom. The Morgan fingerprint density at radius 3 is 2.21 bits per heavy atom. The summed E-state index contributed by atoms with van der Waals surface area (Å²) >= 11 is 0. The lowest BCUT2D eigenvalue weighted by atomic mass is 10.1. The molecule has 0 aliphatic carbocycles. The lowest BCUT2D eigenvalue weighted by Gasteiger charge is -2.35. The fourth-order valence-corrected chi connectivity index (χ4v) is 3.17. The zero-order chi connectivity index (χ0) is 16.9. The van der Waals surface area contributed by atoms with E-state index in [0.29, 0.717) is 0 Å². The summed E-state index contributed by atoms with van der Waals surface area (Å²) in [6.07, 6.45) is 0. The summed E-state index contributed by atoms with van der Waals surface area (Å²) in [6.45, 7) is 4.37. The first-order valence-corrected chi connectivity index (χ1v) is 8.47. The SMILES string of the molecule is CN(C)c1ccccc1C(=O)N1CCN(Cc2ccccc2)CC1. The van der Waals surface area contributed by atoms with E-state index in [4.69, 9.17) is 0 Å². The van der Waals surface area contributed by atoms with Crippen molar-refractivity contribution < 1.29 is 4.79 Å². The molecule has 2 aromatic rings. The van der Waals surface area contributed by atoms with E-state index in [2.05, 4.69) is 29.2 Å². The van der Waals surface area contributed by atoms with Gasteiger partial charge >= 0.3 is 0 Å². The Kier molecular flexibility index (Phi) is 5.16. The van der Waals surface area contributed by atoms with Gasteiger partial charge in [0.15, 0.2) is 0 Å². The maximum Gasteiger partial charge on any atom is 0.256 e. The van der Waals surface area contributed by atoms with Gasteiger partial charge in [0.1, 0.15) is 0 Å². The Labute approximate surface area is 144 Å². The van der Waals surface area contributed by atoms with Crippen LogP contribution in [0.1, 0.15) is 15.9 Å². The van der Waals surface area contributed by atoms with Gasteiger partial charge in [0.2, 0.25) is 0 Å². The van der Waals surface area contributed by atoms with Crippen molar-refractivity contribution in [3.63, 3.8) is 0 Å². The number of anilines is 1. The number of amides is 1. The van der Waals surface area contributed by atoms with Crippen LogP contribution in [0.5, 0.6) is 0 Å². The highest BCUT2D eigenvalue weighted by molar-refractivity contribution is 5.99. The fraction of sp³-hybridized carbons (Fsp3) is 0.350. The van der Waals surface area contributed by atoms with E-state index in [-0.39, 0.29) is 5.91 Å². The van der Waals surface area contributed by atoms with Gasteiger partial charge in [-0.15, -0.1) is 0 Å². The molecule has 0 atom stereocenters. The predicted octanol–water partition coefficient (Wildman–Crippen LogP) is 2.71. The van der Waals surface area contributed by atoms with Gasteiger partial charge in [-0.25, -0.2) is 0 Å². The monoisotopic (exact) mass is 323 g/mol. The first-order chi connectivity index (χ1) is 11.6. The van der Waals surface area contributed by atoms with Gasteiger partial charge in [-0.2, -0.15) is 0 Å². The molecule has 1 aliphatic rings. The standard InChI is InChI=1S/C20H25N3O/c1-21(2)19-11-7-6-10-18(19)20(24)23-14-12-22(13-15-23)16-17-8-4-3-5-9-17/h3-11H,12-16H2,1-2H3. The quantitative estimate of drug-likeness (QED) is 0.865. The van der Waals surface area contributed by atoms with Crippen LogP contribution in [0.15, 0.2) is 54.6 Å². The van der Waals surface area contributed by atoms with Crippen molar-refractivity contribution in [1.29, 1.82) is 0 Å². The number of carbonyl (C=O) groups is 1. The molecule has 3 rings (SSSR count). The van der Waals surface area contributed by atoms with E-state index >= 15 is 0 Å². The van der Waals surface area contributed by atoms with Gasteiger partial charge in [-0.1, -0.05) is 42.5 Å². The maximum absolute atomic E-state index is 12.9. The molecule has 0 aromatic heterocycles. The van der Waals surface area contributed by atoms with Gasteiger partial charge in [0, 0.05) is 52.5 Å². The summed E-state index contributed by atoms with van der Waals surface area (Å²) in [5, 5.41) is 0. The van der Waals surface area contributed by atoms with Crippen LogP contribution in [0, 0.1) is 0 Å². The van der Waals surface area contributed by atoms with Crippen LogP contribution in [0.25, 0.3) is 0 Å². The number of hydrogen-bond donors (Lipinski definition) is 0. The smallest absolute Gasteiger partial charge is 0.256 e. The lowest BCUT2D eigenvalue weighted by Crippen LogP contribution is -2.48.